The number of para-hydroxylation sites is 1. The van der Waals surface area contributed by atoms with E-state index in [1.54, 1.807) is 18.2 Å². The van der Waals surface area contributed by atoms with Crippen molar-refractivity contribution in [1.82, 2.24) is 5.32 Å². The Morgan fingerprint density at radius 3 is 2.55 bits per heavy atom. The third-order valence-corrected chi connectivity index (χ3v) is 3.56. The normalized spacial score (nSPS) is 10.6. The van der Waals surface area contributed by atoms with Crippen LogP contribution in [0.25, 0.3) is 0 Å². The second-order valence-corrected chi connectivity index (χ2v) is 5.59. The molecule has 0 heterocycles. The Kier molecular flexibility index (Phi) is 5.15. The molecule has 116 valence electrons. The molecule has 4 heteroatoms. The quantitative estimate of drug-likeness (QED) is 0.852. The number of benzene rings is 2. The van der Waals surface area contributed by atoms with Crippen LogP contribution in [0.4, 0.5) is 14.9 Å². The molecular weight excluding hydrogens is 279 g/mol. The fourth-order valence-corrected chi connectivity index (χ4v) is 2.32. The maximum atomic E-state index is 13.5. The molecule has 0 aliphatic rings. The number of halogens is 1. The highest BCUT2D eigenvalue weighted by Crippen LogP contribution is 2.27. The van der Waals surface area contributed by atoms with Crippen molar-refractivity contribution in [3.05, 3.63) is 65.0 Å². The van der Waals surface area contributed by atoms with Gasteiger partial charge in [0.25, 0.3) is 0 Å². The summed E-state index contributed by atoms with van der Waals surface area (Å²) in [7, 11) is 0. The summed E-state index contributed by atoms with van der Waals surface area (Å²) >= 11 is 0. The monoisotopic (exact) mass is 300 g/mol. The first kappa shape index (κ1) is 16.0. The van der Waals surface area contributed by atoms with Crippen LogP contribution in [0.15, 0.2) is 42.5 Å². The molecule has 0 aliphatic carbocycles. The Bertz CT molecular complexity index is 668. The number of aryl methyl sites for hydroxylation is 1. The van der Waals surface area contributed by atoms with Gasteiger partial charge in [0.05, 0.1) is 0 Å². The number of amides is 2. The van der Waals surface area contributed by atoms with E-state index in [4.69, 9.17) is 0 Å². The molecular formula is C18H21FN2O. The van der Waals surface area contributed by atoms with E-state index in [0.29, 0.717) is 11.5 Å². The lowest BCUT2D eigenvalue weighted by Crippen LogP contribution is -2.29. The molecule has 2 aromatic carbocycles. The predicted molar refractivity (Wildman–Crippen MR) is 87.5 cm³/mol. The van der Waals surface area contributed by atoms with Crippen LogP contribution in [-0.4, -0.2) is 6.03 Å². The Labute approximate surface area is 130 Å². The molecule has 0 unspecified atom stereocenters. The molecule has 2 aromatic rings. The lowest BCUT2D eigenvalue weighted by atomic mass is 9.98. The number of hydrogen-bond donors (Lipinski definition) is 2. The summed E-state index contributed by atoms with van der Waals surface area (Å²) in [4.78, 5) is 12.1. The summed E-state index contributed by atoms with van der Waals surface area (Å²) in [6, 6.07) is 12.0. The van der Waals surface area contributed by atoms with Gasteiger partial charge in [-0.3, -0.25) is 0 Å². The second-order valence-electron chi connectivity index (χ2n) is 5.59. The first-order valence-corrected chi connectivity index (χ1v) is 7.36. The summed E-state index contributed by atoms with van der Waals surface area (Å²) in [5.74, 6) is -0.0108. The standard InChI is InChI=1S/C18H21FN2O/c1-12(2)15-9-6-7-13(3)17(15)21-18(22)20-11-14-8-4-5-10-16(14)19/h4-10,12H,11H2,1-3H3,(H2,20,21,22). The molecule has 0 bridgehead atoms. The molecule has 0 saturated heterocycles. The Balaban J connectivity index is 2.05. The zero-order valence-corrected chi connectivity index (χ0v) is 13.1. The first-order valence-electron chi connectivity index (χ1n) is 7.36. The lowest BCUT2D eigenvalue weighted by molar-refractivity contribution is 0.251. The third-order valence-electron chi connectivity index (χ3n) is 3.56. The van der Waals surface area contributed by atoms with E-state index in [1.165, 1.54) is 6.07 Å². The zero-order chi connectivity index (χ0) is 16.1. The minimum atomic E-state index is -0.334. The number of hydrogen-bond acceptors (Lipinski definition) is 1. The molecule has 0 saturated carbocycles. The maximum absolute atomic E-state index is 13.5. The van der Waals surface area contributed by atoms with Crippen molar-refractivity contribution in [3.63, 3.8) is 0 Å². The molecule has 0 atom stereocenters. The number of urea groups is 1. The number of carbonyl (C=O) groups is 1. The van der Waals surface area contributed by atoms with Crippen LogP contribution >= 0.6 is 0 Å². The molecule has 0 spiro atoms. The molecule has 2 amide bonds. The van der Waals surface area contributed by atoms with Crippen molar-refractivity contribution < 1.29 is 9.18 Å². The van der Waals surface area contributed by atoms with Gasteiger partial charge < -0.3 is 10.6 Å². The molecule has 2 N–H and O–H groups in total. The maximum Gasteiger partial charge on any atom is 0.319 e. The number of carbonyl (C=O) groups excluding carboxylic acids is 1. The van der Waals surface area contributed by atoms with E-state index >= 15 is 0 Å². The van der Waals surface area contributed by atoms with Crippen LogP contribution in [-0.2, 0) is 6.54 Å². The van der Waals surface area contributed by atoms with Gasteiger partial charge in [-0.05, 0) is 30.0 Å². The van der Waals surface area contributed by atoms with Gasteiger partial charge in [-0.2, -0.15) is 0 Å². The number of nitrogens with one attached hydrogen (secondary N) is 2. The van der Waals surface area contributed by atoms with E-state index in [9.17, 15) is 9.18 Å². The Morgan fingerprint density at radius 2 is 1.86 bits per heavy atom. The van der Waals surface area contributed by atoms with E-state index in [2.05, 4.69) is 24.5 Å². The summed E-state index contributed by atoms with van der Waals surface area (Å²) in [5, 5.41) is 5.57. The number of anilines is 1. The van der Waals surface area contributed by atoms with Gasteiger partial charge in [-0.1, -0.05) is 50.2 Å². The predicted octanol–water partition coefficient (Wildman–Crippen LogP) is 4.58. The summed E-state index contributed by atoms with van der Waals surface area (Å²) < 4.78 is 13.5. The first-order chi connectivity index (χ1) is 10.5. The van der Waals surface area contributed by atoms with Gasteiger partial charge in [0.15, 0.2) is 0 Å². The van der Waals surface area contributed by atoms with E-state index in [0.717, 1.165) is 16.8 Å². The average Bonchev–Trinajstić information content (AvgIpc) is 2.48. The molecule has 3 nitrogen and oxygen atoms in total. The van der Waals surface area contributed by atoms with Crippen molar-refractivity contribution in [3.8, 4) is 0 Å². The highest BCUT2D eigenvalue weighted by molar-refractivity contribution is 5.91. The van der Waals surface area contributed by atoms with E-state index in [1.807, 2.05) is 25.1 Å². The minimum absolute atomic E-state index is 0.154. The van der Waals surface area contributed by atoms with Crippen LogP contribution < -0.4 is 10.6 Å². The van der Waals surface area contributed by atoms with Crippen LogP contribution in [0, 0.1) is 12.7 Å². The van der Waals surface area contributed by atoms with E-state index < -0.39 is 0 Å². The van der Waals surface area contributed by atoms with Gasteiger partial charge >= 0.3 is 6.03 Å². The van der Waals surface area contributed by atoms with Gasteiger partial charge in [0, 0.05) is 17.8 Å². The van der Waals surface area contributed by atoms with Crippen molar-refractivity contribution in [2.24, 2.45) is 0 Å². The van der Waals surface area contributed by atoms with Crippen LogP contribution in [0.5, 0.6) is 0 Å². The summed E-state index contributed by atoms with van der Waals surface area (Å²) in [6.07, 6.45) is 0. The van der Waals surface area contributed by atoms with E-state index in [-0.39, 0.29) is 18.4 Å². The van der Waals surface area contributed by atoms with Gasteiger partial charge in [0.1, 0.15) is 5.82 Å². The third kappa shape index (κ3) is 3.85. The smallest absolute Gasteiger partial charge is 0.319 e. The van der Waals surface area contributed by atoms with Crippen LogP contribution in [0.3, 0.4) is 0 Å². The molecule has 0 fully saturated rings. The second kappa shape index (κ2) is 7.07. The molecule has 0 aliphatic heterocycles. The minimum Gasteiger partial charge on any atom is -0.334 e. The van der Waals surface area contributed by atoms with Gasteiger partial charge in [0.2, 0.25) is 0 Å². The van der Waals surface area contributed by atoms with Crippen molar-refractivity contribution in [2.45, 2.75) is 33.2 Å². The topological polar surface area (TPSA) is 41.1 Å². The summed E-state index contributed by atoms with van der Waals surface area (Å²) in [5.41, 5.74) is 3.38. The van der Waals surface area contributed by atoms with Crippen LogP contribution in [0.1, 0.15) is 36.5 Å². The van der Waals surface area contributed by atoms with Crippen molar-refractivity contribution in [2.75, 3.05) is 5.32 Å². The Hall–Kier alpha value is -2.36. The average molecular weight is 300 g/mol. The highest BCUT2D eigenvalue weighted by atomic mass is 19.1. The molecule has 0 radical (unpaired) electrons. The molecule has 22 heavy (non-hydrogen) atoms. The Morgan fingerprint density at radius 1 is 1.14 bits per heavy atom. The van der Waals surface area contributed by atoms with Crippen molar-refractivity contribution >= 4 is 11.7 Å². The lowest BCUT2D eigenvalue weighted by Gasteiger charge is -2.17. The number of rotatable bonds is 4. The SMILES string of the molecule is Cc1cccc(C(C)C)c1NC(=O)NCc1ccccc1F. The van der Waals surface area contributed by atoms with Gasteiger partial charge in [-0.25, -0.2) is 9.18 Å². The van der Waals surface area contributed by atoms with Crippen LogP contribution in [0.2, 0.25) is 0 Å². The zero-order valence-electron chi connectivity index (χ0n) is 13.1. The largest absolute Gasteiger partial charge is 0.334 e. The summed E-state index contributed by atoms with van der Waals surface area (Å²) in [6.45, 7) is 6.27. The fourth-order valence-electron chi connectivity index (χ4n) is 2.32. The van der Waals surface area contributed by atoms with Gasteiger partial charge in [-0.15, -0.1) is 0 Å². The highest BCUT2D eigenvalue weighted by Gasteiger charge is 2.12. The fraction of sp³-hybridized carbons (Fsp3) is 0.278. The van der Waals surface area contributed by atoms with Crippen molar-refractivity contribution in [1.29, 1.82) is 0 Å². The molecule has 0 aromatic heterocycles. The molecule has 2 rings (SSSR count).